The third kappa shape index (κ3) is 4.91. The monoisotopic (exact) mass is 360 g/mol. The number of carbonyl (C=O) groups is 1. The van der Waals surface area contributed by atoms with Gasteiger partial charge < -0.3 is 25.2 Å². The highest BCUT2D eigenvalue weighted by atomic mass is 32.1. The van der Waals surface area contributed by atoms with Gasteiger partial charge >= 0.3 is 5.97 Å². The molecular formula is C18H20N2O4S. The quantitative estimate of drug-likeness (QED) is 0.538. The molecule has 6 nitrogen and oxygen atoms in total. The molecule has 0 aliphatic rings. The number of rotatable bonds is 6. The number of carbonyl (C=O) groups excluding carboxylic acids is 1. The Morgan fingerprint density at radius 2 is 1.88 bits per heavy atom. The molecule has 7 heteroatoms. The number of aliphatic hydroxyl groups is 1. The van der Waals surface area contributed by atoms with E-state index in [1.807, 2.05) is 48.5 Å². The summed E-state index contributed by atoms with van der Waals surface area (Å²) in [5.74, 6) is -0.000834. The lowest BCUT2D eigenvalue weighted by molar-refractivity contribution is -0.143. The molecule has 0 bridgehead atoms. The van der Waals surface area contributed by atoms with Gasteiger partial charge in [-0.1, -0.05) is 36.4 Å². The van der Waals surface area contributed by atoms with Crippen LogP contribution in [-0.4, -0.2) is 43.1 Å². The minimum atomic E-state index is -0.937. The van der Waals surface area contributed by atoms with E-state index in [1.54, 1.807) is 7.11 Å². The highest BCUT2D eigenvalue weighted by Crippen LogP contribution is 2.30. The maximum atomic E-state index is 11.5. The van der Waals surface area contributed by atoms with Gasteiger partial charge in [0.1, 0.15) is 11.8 Å². The maximum Gasteiger partial charge on any atom is 0.330 e. The van der Waals surface area contributed by atoms with Crippen molar-refractivity contribution in [3.8, 4) is 16.9 Å². The maximum absolute atomic E-state index is 11.5. The fourth-order valence-corrected chi connectivity index (χ4v) is 2.51. The van der Waals surface area contributed by atoms with Crippen molar-refractivity contribution >= 4 is 29.0 Å². The molecule has 2 rings (SSSR count). The number of anilines is 1. The summed E-state index contributed by atoms with van der Waals surface area (Å²) in [5, 5.41) is 15.1. The molecule has 2 aromatic carbocycles. The van der Waals surface area contributed by atoms with Crippen molar-refractivity contribution in [1.29, 1.82) is 0 Å². The summed E-state index contributed by atoms with van der Waals surface area (Å²) in [6.07, 6.45) is 0. The third-order valence-corrected chi connectivity index (χ3v) is 3.75. The lowest BCUT2D eigenvalue weighted by Crippen LogP contribution is -2.45. The van der Waals surface area contributed by atoms with Crippen LogP contribution in [-0.2, 0) is 9.53 Å². The molecule has 1 atom stereocenters. The summed E-state index contributed by atoms with van der Waals surface area (Å²) in [6, 6.07) is 14.6. The van der Waals surface area contributed by atoms with Crippen LogP contribution in [0, 0.1) is 0 Å². The second kappa shape index (κ2) is 9.00. The van der Waals surface area contributed by atoms with Gasteiger partial charge in [-0.2, -0.15) is 0 Å². The van der Waals surface area contributed by atoms with Gasteiger partial charge in [-0.05, 0) is 35.5 Å². The van der Waals surface area contributed by atoms with E-state index in [9.17, 15) is 9.90 Å². The Balaban J connectivity index is 2.20. The molecule has 25 heavy (non-hydrogen) atoms. The molecule has 1 unspecified atom stereocenters. The van der Waals surface area contributed by atoms with Crippen LogP contribution in [0.1, 0.15) is 0 Å². The lowest BCUT2D eigenvalue weighted by Gasteiger charge is -2.18. The average Bonchev–Trinajstić information content (AvgIpc) is 2.66. The van der Waals surface area contributed by atoms with E-state index in [-0.39, 0.29) is 5.11 Å². The predicted molar refractivity (Wildman–Crippen MR) is 101 cm³/mol. The average molecular weight is 360 g/mol. The van der Waals surface area contributed by atoms with Crippen LogP contribution in [0.4, 0.5) is 5.69 Å². The Hall–Kier alpha value is -2.64. The second-order valence-corrected chi connectivity index (χ2v) is 5.55. The number of hydrogen-bond acceptors (Lipinski definition) is 5. The van der Waals surface area contributed by atoms with Crippen LogP contribution in [0.3, 0.4) is 0 Å². The number of hydrogen-bond donors (Lipinski definition) is 3. The first-order valence-electron chi connectivity index (χ1n) is 7.58. The number of thiocarbonyl (C=S) groups is 1. The second-order valence-electron chi connectivity index (χ2n) is 5.14. The third-order valence-electron chi connectivity index (χ3n) is 3.53. The predicted octanol–water partition coefficient (Wildman–Crippen LogP) is 2.18. The van der Waals surface area contributed by atoms with Gasteiger partial charge in [0, 0.05) is 0 Å². The van der Waals surface area contributed by atoms with Crippen LogP contribution in [0.2, 0.25) is 0 Å². The Labute approximate surface area is 151 Å². The lowest BCUT2D eigenvalue weighted by atomic mass is 10.0. The van der Waals surface area contributed by atoms with Gasteiger partial charge in [0.2, 0.25) is 0 Å². The number of benzene rings is 2. The minimum Gasteiger partial charge on any atom is -0.495 e. The Bertz CT molecular complexity index is 737. The molecule has 2 aromatic rings. The van der Waals surface area contributed by atoms with E-state index in [0.29, 0.717) is 11.4 Å². The number of nitrogens with one attached hydrogen (secondary N) is 2. The molecule has 0 radical (unpaired) electrons. The van der Waals surface area contributed by atoms with E-state index in [1.165, 1.54) is 7.11 Å². The van der Waals surface area contributed by atoms with Gasteiger partial charge in [0.15, 0.2) is 5.11 Å². The number of ether oxygens (including phenoxy) is 2. The van der Waals surface area contributed by atoms with Crippen LogP contribution in [0.5, 0.6) is 5.75 Å². The van der Waals surface area contributed by atoms with Crippen molar-refractivity contribution in [3.63, 3.8) is 0 Å². The standard InChI is InChI=1S/C18H20N2O4S/c1-23-16-9-8-13(12-6-4-3-5-7-12)10-14(16)19-18(25)20-15(11-21)17(22)24-2/h3-10,15,21H,11H2,1-2H3,(H2,19,20,25). The zero-order valence-corrected chi connectivity index (χ0v) is 14.8. The molecule has 0 aliphatic heterocycles. The van der Waals surface area contributed by atoms with Crippen LogP contribution < -0.4 is 15.4 Å². The van der Waals surface area contributed by atoms with E-state index in [4.69, 9.17) is 17.0 Å². The van der Waals surface area contributed by atoms with Gasteiger partial charge in [-0.3, -0.25) is 0 Å². The first-order chi connectivity index (χ1) is 12.1. The van der Waals surface area contributed by atoms with Gasteiger partial charge in [0.05, 0.1) is 26.5 Å². The molecule has 3 N–H and O–H groups in total. The first kappa shape index (κ1) is 18.7. The molecule has 0 amide bonds. The Kier molecular flexibility index (Phi) is 6.73. The fourth-order valence-electron chi connectivity index (χ4n) is 2.25. The van der Waals surface area contributed by atoms with Crippen LogP contribution in [0.15, 0.2) is 48.5 Å². The van der Waals surface area contributed by atoms with Gasteiger partial charge in [-0.15, -0.1) is 0 Å². The normalized spacial score (nSPS) is 11.3. The topological polar surface area (TPSA) is 79.8 Å². The van der Waals surface area contributed by atoms with Crippen molar-refractivity contribution in [2.75, 3.05) is 26.1 Å². The van der Waals surface area contributed by atoms with Crippen molar-refractivity contribution in [2.45, 2.75) is 6.04 Å². The van der Waals surface area contributed by atoms with Crippen LogP contribution in [0.25, 0.3) is 11.1 Å². The van der Waals surface area contributed by atoms with Crippen molar-refractivity contribution < 1.29 is 19.4 Å². The zero-order chi connectivity index (χ0) is 18.2. The smallest absolute Gasteiger partial charge is 0.330 e. The molecule has 0 saturated carbocycles. The summed E-state index contributed by atoms with van der Waals surface area (Å²) in [4.78, 5) is 11.5. The summed E-state index contributed by atoms with van der Waals surface area (Å²) < 4.78 is 9.95. The number of methoxy groups -OCH3 is 2. The van der Waals surface area contributed by atoms with E-state index >= 15 is 0 Å². The fraction of sp³-hybridized carbons (Fsp3) is 0.222. The Morgan fingerprint density at radius 3 is 2.48 bits per heavy atom. The molecule has 0 spiro atoms. The van der Waals surface area contributed by atoms with Crippen molar-refractivity contribution in [2.24, 2.45) is 0 Å². The molecular weight excluding hydrogens is 340 g/mol. The van der Waals surface area contributed by atoms with Crippen molar-refractivity contribution in [1.82, 2.24) is 5.32 Å². The summed E-state index contributed by atoms with van der Waals surface area (Å²) in [6.45, 7) is -0.435. The zero-order valence-electron chi connectivity index (χ0n) is 14.0. The largest absolute Gasteiger partial charge is 0.495 e. The van der Waals surface area contributed by atoms with Gasteiger partial charge in [0.25, 0.3) is 0 Å². The molecule has 0 heterocycles. The summed E-state index contributed by atoms with van der Waals surface area (Å²) in [5.41, 5.74) is 2.68. The number of esters is 1. The SMILES string of the molecule is COC(=O)C(CO)NC(=S)Nc1cc(-c2ccccc2)ccc1OC. The molecule has 0 fully saturated rings. The van der Waals surface area contributed by atoms with E-state index in [2.05, 4.69) is 15.4 Å². The summed E-state index contributed by atoms with van der Waals surface area (Å²) in [7, 11) is 2.81. The van der Waals surface area contributed by atoms with Crippen molar-refractivity contribution in [3.05, 3.63) is 48.5 Å². The molecule has 0 aliphatic carbocycles. The molecule has 0 aromatic heterocycles. The van der Waals surface area contributed by atoms with E-state index in [0.717, 1.165) is 11.1 Å². The minimum absolute atomic E-state index is 0.174. The molecule has 132 valence electrons. The number of aliphatic hydroxyl groups excluding tert-OH is 1. The first-order valence-corrected chi connectivity index (χ1v) is 7.99. The van der Waals surface area contributed by atoms with Gasteiger partial charge in [-0.25, -0.2) is 4.79 Å². The van der Waals surface area contributed by atoms with Crippen LogP contribution >= 0.6 is 12.2 Å². The summed E-state index contributed by atoms with van der Waals surface area (Å²) >= 11 is 5.22. The van der Waals surface area contributed by atoms with E-state index < -0.39 is 18.6 Å². The highest BCUT2D eigenvalue weighted by Gasteiger charge is 2.19. The molecule has 0 saturated heterocycles. The highest BCUT2D eigenvalue weighted by molar-refractivity contribution is 7.80. The Morgan fingerprint density at radius 1 is 1.16 bits per heavy atom.